The zero-order valence-corrected chi connectivity index (χ0v) is 14.1. The molecule has 0 aromatic heterocycles. The van der Waals surface area contributed by atoms with Crippen molar-refractivity contribution in [2.24, 2.45) is 0 Å². The van der Waals surface area contributed by atoms with E-state index in [4.69, 9.17) is 4.74 Å². The van der Waals surface area contributed by atoms with Crippen LogP contribution in [-0.2, 0) is 0 Å². The Morgan fingerprint density at radius 3 is 2.45 bits per heavy atom. The second-order valence-corrected chi connectivity index (χ2v) is 6.44. The third-order valence-corrected chi connectivity index (χ3v) is 3.56. The van der Waals surface area contributed by atoms with Crippen molar-refractivity contribution >= 4 is 5.57 Å². The molecule has 2 nitrogen and oxygen atoms in total. The molecule has 0 atom stereocenters. The summed E-state index contributed by atoms with van der Waals surface area (Å²) < 4.78 is 5.58. The molecule has 1 rings (SSSR count). The van der Waals surface area contributed by atoms with E-state index >= 15 is 0 Å². The number of aryl methyl sites for hydroxylation is 1. The number of benzene rings is 1. The SMILES string of the molecule is COc1c(/C(C)=C/CCNC(C)(C)C)ccc(C)c1C. The van der Waals surface area contributed by atoms with Crippen LogP contribution in [0.2, 0.25) is 0 Å². The summed E-state index contributed by atoms with van der Waals surface area (Å²) in [5.41, 5.74) is 5.16. The summed E-state index contributed by atoms with van der Waals surface area (Å²) in [6.07, 6.45) is 3.31. The number of hydrogen-bond acceptors (Lipinski definition) is 2. The standard InChI is InChI=1S/C18H29NO/c1-13-10-11-16(17(20-7)15(13)3)14(2)9-8-12-19-18(4,5)6/h9-11,19H,8,12H2,1-7H3/b14-9+. The van der Waals surface area contributed by atoms with Gasteiger partial charge in [-0.3, -0.25) is 0 Å². The second kappa shape index (κ2) is 6.94. The highest BCUT2D eigenvalue weighted by atomic mass is 16.5. The molecule has 0 fully saturated rings. The molecule has 1 N–H and O–H groups in total. The van der Waals surface area contributed by atoms with E-state index in [-0.39, 0.29) is 5.54 Å². The average Bonchev–Trinajstić information content (AvgIpc) is 2.36. The smallest absolute Gasteiger partial charge is 0.129 e. The van der Waals surface area contributed by atoms with Gasteiger partial charge in [0.2, 0.25) is 0 Å². The fraction of sp³-hybridized carbons (Fsp3) is 0.556. The fourth-order valence-corrected chi connectivity index (χ4v) is 2.21. The van der Waals surface area contributed by atoms with Crippen LogP contribution < -0.4 is 10.1 Å². The molecule has 0 saturated heterocycles. The van der Waals surface area contributed by atoms with Crippen LogP contribution in [0.1, 0.15) is 50.8 Å². The zero-order chi connectivity index (χ0) is 15.3. The minimum Gasteiger partial charge on any atom is -0.496 e. The Morgan fingerprint density at radius 1 is 1.25 bits per heavy atom. The summed E-state index contributed by atoms with van der Waals surface area (Å²) in [6.45, 7) is 14.0. The molecule has 0 amide bonds. The monoisotopic (exact) mass is 275 g/mol. The number of ether oxygens (including phenoxy) is 1. The maximum atomic E-state index is 5.58. The van der Waals surface area contributed by atoms with E-state index in [1.165, 1.54) is 22.3 Å². The van der Waals surface area contributed by atoms with Gasteiger partial charge in [0.1, 0.15) is 5.75 Å². The van der Waals surface area contributed by atoms with Gasteiger partial charge in [0.15, 0.2) is 0 Å². The summed E-state index contributed by atoms with van der Waals surface area (Å²) in [5.74, 6) is 1.00. The van der Waals surface area contributed by atoms with Gasteiger partial charge in [-0.1, -0.05) is 18.2 Å². The van der Waals surface area contributed by atoms with E-state index in [9.17, 15) is 0 Å². The Kier molecular flexibility index (Phi) is 5.82. The minimum atomic E-state index is 0.180. The zero-order valence-electron chi connectivity index (χ0n) is 14.1. The van der Waals surface area contributed by atoms with Crippen LogP contribution in [0.25, 0.3) is 5.57 Å². The number of allylic oxidation sites excluding steroid dienone is 1. The Bertz CT molecular complexity index is 481. The molecule has 112 valence electrons. The van der Waals surface area contributed by atoms with E-state index in [0.717, 1.165) is 18.7 Å². The van der Waals surface area contributed by atoms with Crippen molar-refractivity contribution in [2.45, 2.75) is 53.5 Å². The molecule has 0 heterocycles. The van der Waals surface area contributed by atoms with Crippen molar-refractivity contribution in [3.8, 4) is 5.75 Å². The molecular weight excluding hydrogens is 246 g/mol. The van der Waals surface area contributed by atoms with Crippen molar-refractivity contribution < 1.29 is 4.74 Å². The highest BCUT2D eigenvalue weighted by Crippen LogP contribution is 2.31. The number of nitrogens with one attached hydrogen (secondary N) is 1. The van der Waals surface area contributed by atoms with Gasteiger partial charge in [0.05, 0.1) is 7.11 Å². The predicted octanol–water partition coefficient (Wildman–Crippen LogP) is 4.49. The molecule has 0 aliphatic heterocycles. The van der Waals surface area contributed by atoms with Gasteiger partial charge in [-0.05, 0) is 71.2 Å². The van der Waals surface area contributed by atoms with E-state index in [1.807, 2.05) is 0 Å². The van der Waals surface area contributed by atoms with Crippen LogP contribution in [0.5, 0.6) is 5.75 Å². The first-order valence-electron chi connectivity index (χ1n) is 7.32. The second-order valence-electron chi connectivity index (χ2n) is 6.44. The van der Waals surface area contributed by atoms with Gasteiger partial charge in [-0.15, -0.1) is 0 Å². The molecule has 2 heteroatoms. The molecule has 0 spiro atoms. The largest absolute Gasteiger partial charge is 0.496 e. The lowest BCUT2D eigenvalue weighted by Crippen LogP contribution is -2.36. The lowest BCUT2D eigenvalue weighted by molar-refractivity contribution is 0.410. The molecule has 1 aromatic rings. The van der Waals surface area contributed by atoms with Crippen molar-refractivity contribution in [1.29, 1.82) is 0 Å². The Hall–Kier alpha value is -1.28. The quantitative estimate of drug-likeness (QED) is 0.799. The van der Waals surface area contributed by atoms with Gasteiger partial charge < -0.3 is 10.1 Å². The summed E-state index contributed by atoms with van der Waals surface area (Å²) >= 11 is 0. The topological polar surface area (TPSA) is 21.3 Å². The van der Waals surface area contributed by atoms with Gasteiger partial charge in [0.25, 0.3) is 0 Å². The summed E-state index contributed by atoms with van der Waals surface area (Å²) in [7, 11) is 1.75. The highest BCUT2D eigenvalue weighted by Gasteiger charge is 2.10. The van der Waals surface area contributed by atoms with Crippen LogP contribution in [0.15, 0.2) is 18.2 Å². The first kappa shape index (κ1) is 16.8. The van der Waals surface area contributed by atoms with Crippen LogP contribution >= 0.6 is 0 Å². The van der Waals surface area contributed by atoms with Gasteiger partial charge in [-0.25, -0.2) is 0 Å². The Balaban J connectivity index is 2.82. The molecule has 0 saturated carbocycles. The third kappa shape index (κ3) is 4.68. The molecule has 0 aliphatic rings. The van der Waals surface area contributed by atoms with Crippen molar-refractivity contribution in [1.82, 2.24) is 5.32 Å². The molecule has 0 radical (unpaired) electrons. The lowest BCUT2D eigenvalue weighted by Gasteiger charge is -2.20. The highest BCUT2D eigenvalue weighted by molar-refractivity contribution is 5.71. The molecule has 1 aromatic carbocycles. The van der Waals surface area contributed by atoms with Crippen molar-refractivity contribution in [2.75, 3.05) is 13.7 Å². The number of hydrogen-bond donors (Lipinski definition) is 1. The predicted molar refractivity (Wildman–Crippen MR) is 88.5 cm³/mol. The van der Waals surface area contributed by atoms with E-state index in [2.05, 4.69) is 65.1 Å². The molecule has 0 aliphatic carbocycles. The molecule has 0 bridgehead atoms. The minimum absolute atomic E-state index is 0.180. The van der Waals surface area contributed by atoms with E-state index < -0.39 is 0 Å². The van der Waals surface area contributed by atoms with E-state index in [0.29, 0.717) is 0 Å². The van der Waals surface area contributed by atoms with Crippen LogP contribution in [0.4, 0.5) is 0 Å². The third-order valence-electron chi connectivity index (χ3n) is 3.56. The lowest BCUT2D eigenvalue weighted by atomic mass is 9.99. The molecule has 0 unspecified atom stereocenters. The van der Waals surface area contributed by atoms with Gasteiger partial charge >= 0.3 is 0 Å². The van der Waals surface area contributed by atoms with Crippen LogP contribution in [0, 0.1) is 13.8 Å². The first-order chi connectivity index (χ1) is 9.26. The average molecular weight is 275 g/mol. The summed E-state index contributed by atoms with van der Waals surface area (Å²) in [4.78, 5) is 0. The summed E-state index contributed by atoms with van der Waals surface area (Å²) in [5, 5.41) is 3.50. The van der Waals surface area contributed by atoms with Crippen molar-refractivity contribution in [3.05, 3.63) is 34.9 Å². The fourth-order valence-electron chi connectivity index (χ4n) is 2.21. The Morgan fingerprint density at radius 2 is 1.90 bits per heavy atom. The van der Waals surface area contributed by atoms with Gasteiger partial charge in [0, 0.05) is 11.1 Å². The van der Waals surface area contributed by atoms with Crippen LogP contribution in [0.3, 0.4) is 0 Å². The van der Waals surface area contributed by atoms with Gasteiger partial charge in [-0.2, -0.15) is 0 Å². The Labute approximate surface area is 124 Å². The molecular formula is C18H29NO. The van der Waals surface area contributed by atoms with Crippen molar-refractivity contribution in [3.63, 3.8) is 0 Å². The first-order valence-corrected chi connectivity index (χ1v) is 7.32. The van der Waals surface area contributed by atoms with Crippen LogP contribution in [-0.4, -0.2) is 19.2 Å². The maximum absolute atomic E-state index is 5.58. The number of methoxy groups -OCH3 is 1. The normalized spacial score (nSPS) is 12.7. The van der Waals surface area contributed by atoms with E-state index in [1.54, 1.807) is 7.11 Å². The maximum Gasteiger partial charge on any atom is 0.129 e. The summed E-state index contributed by atoms with van der Waals surface area (Å²) in [6, 6.07) is 4.32. The number of rotatable bonds is 5. The molecule has 20 heavy (non-hydrogen) atoms.